The van der Waals surface area contributed by atoms with Gasteiger partial charge in [-0.05, 0) is 43.5 Å². The number of aryl methyl sites for hydroxylation is 1. The normalized spacial score (nSPS) is 14.9. The van der Waals surface area contributed by atoms with Crippen LogP contribution in [0.3, 0.4) is 0 Å². The van der Waals surface area contributed by atoms with Crippen LogP contribution in [0.25, 0.3) is 5.78 Å². The summed E-state index contributed by atoms with van der Waals surface area (Å²) in [5, 5.41) is 7.13. The number of rotatable bonds is 5. The third-order valence-corrected chi connectivity index (χ3v) is 5.55. The second kappa shape index (κ2) is 7.96. The van der Waals surface area contributed by atoms with Crippen LogP contribution in [-0.4, -0.2) is 38.6 Å². The fourth-order valence-corrected chi connectivity index (χ4v) is 3.79. The average Bonchev–Trinajstić information content (AvgIpc) is 3.18. The van der Waals surface area contributed by atoms with Crippen LogP contribution in [0.4, 0.5) is 5.69 Å². The van der Waals surface area contributed by atoms with Crippen LogP contribution in [0, 0.1) is 6.92 Å². The summed E-state index contributed by atoms with van der Waals surface area (Å²) in [5.41, 5.74) is 3.16. The largest absolute Gasteiger partial charge is 0.372 e. The molecule has 0 unspecified atom stereocenters. The van der Waals surface area contributed by atoms with Crippen molar-refractivity contribution in [2.45, 2.75) is 51.6 Å². The second-order valence-electron chi connectivity index (χ2n) is 7.49. The van der Waals surface area contributed by atoms with Crippen LogP contribution in [0.2, 0.25) is 0 Å². The van der Waals surface area contributed by atoms with Crippen LogP contribution in [-0.2, 0) is 6.54 Å². The number of hydrogen-bond acceptors (Lipinski definition) is 5. The van der Waals surface area contributed by atoms with Gasteiger partial charge < -0.3 is 10.2 Å². The Morgan fingerprint density at radius 3 is 2.64 bits per heavy atom. The number of nitrogens with one attached hydrogen (secondary N) is 1. The van der Waals surface area contributed by atoms with E-state index in [2.05, 4.69) is 56.6 Å². The molecule has 1 saturated carbocycles. The first-order valence-electron chi connectivity index (χ1n) is 9.90. The Hall–Kier alpha value is -2.96. The minimum Gasteiger partial charge on any atom is -0.372 e. The van der Waals surface area contributed by atoms with Crippen molar-refractivity contribution in [1.29, 1.82) is 0 Å². The highest BCUT2D eigenvalue weighted by Crippen LogP contribution is 2.26. The Labute approximate surface area is 164 Å². The number of carbonyl (C=O) groups excluding carboxylic acids is 1. The maximum Gasteiger partial charge on any atom is 0.291 e. The molecule has 28 heavy (non-hydrogen) atoms. The number of benzene rings is 1. The Kier molecular flexibility index (Phi) is 5.23. The zero-order valence-corrected chi connectivity index (χ0v) is 16.4. The van der Waals surface area contributed by atoms with Crippen molar-refractivity contribution in [1.82, 2.24) is 24.9 Å². The fraction of sp³-hybridized carbons (Fsp3) is 0.429. The first-order valence-corrected chi connectivity index (χ1v) is 9.90. The zero-order valence-electron chi connectivity index (χ0n) is 16.4. The molecule has 0 atom stereocenters. The molecule has 0 aliphatic heterocycles. The van der Waals surface area contributed by atoms with Crippen molar-refractivity contribution in [3.8, 4) is 0 Å². The highest BCUT2D eigenvalue weighted by molar-refractivity contribution is 5.90. The number of nitrogens with zero attached hydrogens (tertiary/aromatic N) is 5. The van der Waals surface area contributed by atoms with E-state index >= 15 is 0 Å². The van der Waals surface area contributed by atoms with Gasteiger partial charge in [-0.2, -0.15) is 4.98 Å². The Bertz CT molecular complexity index is 959. The van der Waals surface area contributed by atoms with Gasteiger partial charge in [0, 0.05) is 37.2 Å². The average molecular weight is 378 g/mol. The van der Waals surface area contributed by atoms with Gasteiger partial charge in [0.15, 0.2) is 0 Å². The van der Waals surface area contributed by atoms with Gasteiger partial charge in [0.1, 0.15) is 0 Å². The second-order valence-corrected chi connectivity index (χ2v) is 7.49. The summed E-state index contributed by atoms with van der Waals surface area (Å²) in [6.45, 7) is 2.34. The topological polar surface area (TPSA) is 75.4 Å². The van der Waals surface area contributed by atoms with Crippen LogP contribution < -0.4 is 10.2 Å². The molecule has 3 aromatic rings. The summed E-state index contributed by atoms with van der Waals surface area (Å²) in [4.78, 5) is 23.1. The van der Waals surface area contributed by atoms with Gasteiger partial charge in [-0.3, -0.25) is 4.79 Å². The van der Waals surface area contributed by atoms with Gasteiger partial charge in [-0.25, -0.2) is 9.50 Å². The molecule has 1 aliphatic rings. The molecule has 0 spiro atoms. The van der Waals surface area contributed by atoms with Gasteiger partial charge in [-0.1, -0.05) is 31.4 Å². The van der Waals surface area contributed by atoms with Crippen molar-refractivity contribution < 1.29 is 4.79 Å². The lowest BCUT2D eigenvalue weighted by molar-refractivity contribution is 0.0940. The van der Waals surface area contributed by atoms with Crippen molar-refractivity contribution in [2.75, 3.05) is 11.9 Å². The summed E-state index contributed by atoms with van der Waals surface area (Å²) in [5.74, 6) is 0.268. The van der Waals surface area contributed by atoms with Crippen molar-refractivity contribution in [3.63, 3.8) is 0 Å². The fourth-order valence-electron chi connectivity index (χ4n) is 3.79. The smallest absolute Gasteiger partial charge is 0.291 e. The van der Waals surface area contributed by atoms with Crippen LogP contribution >= 0.6 is 0 Å². The van der Waals surface area contributed by atoms with E-state index in [0.717, 1.165) is 11.3 Å². The van der Waals surface area contributed by atoms with E-state index in [1.165, 1.54) is 37.8 Å². The highest BCUT2D eigenvalue weighted by atomic mass is 16.2. The van der Waals surface area contributed by atoms with Gasteiger partial charge in [0.2, 0.25) is 5.82 Å². The molecule has 146 valence electrons. The van der Waals surface area contributed by atoms with E-state index in [-0.39, 0.29) is 11.7 Å². The molecule has 1 amide bonds. The molecule has 0 radical (unpaired) electrons. The molecule has 1 aromatic carbocycles. The number of hydrogen-bond donors (Lipinski definition) is 1. The van der Waals surface area contributed by atoms with Crippen LogP contribution in [0.5, 0.6) is 0 Å². The van der Waals surface area contributed by atoms with Crippen LogP contribution in [0.1, 0.15) is 54.0 Å². The molecule has 1 N–H and O–H groups in total. The van der Waals surface area contributed by atoms with E-state index in [4.69, 9.17) is 0 Å². The maximum atomic E-state index is 12.4. The summed E-state index contributed by atoms with van der Waals surface area (Å²) in [6, 6.07) is 10.9. The molecule has 0 saturated heterocycles. The molecule has 1 fully saturated rings. The maximum absolute atomic E-state index is 12.4. The molecular weight excluding hydrogens is 352 g/mol. The molecule has 2 heterocycles. The van der Waals surface area contributed by atoms with Gasteiger partial charge in [0.25, 0.3) is 11.7 Å². The third kappa shape index (κ3) is 3.83. The minimum absolute atomic E-state index is 0.135. The van der Waals surface area contributed by atoms with E-state index in [0.29, 0.717) is 18.4 Å². The number of amides is 1. The molecule has 1 aliphatic carbocycles. The summed E-state index contributed by atoms with van der Waals surface area (Å²) >= 11 is 0. The zero-order chi connectivity index (χ0) is 19.5. The highest BCUT2D eigenvalue weighted by Gasteiger charge is 2.18. The Balaban J connectivity index is 1.37. The molecule has 7 heteroatoms. The minimum atomic E-state index is -0.298. The first kappa shape index (κ1) is 18.4. The van der Waals surface area contributed by atoms with Gasteiger partial charge >= 0.3 is 0 Å². The third-order valence-electron chi connectivity index (χ3n) is 5.55. The summed E-state index contributed by atoms with van der Waals surface area (Å²) < 4.78 is 1.57. The Morgan fingerprint density at radius 2 is 1.93 bits per heavy atom. The molecule has 7 nitrogen and oxygen atoms in total. The monoisotopic (exact) mass is 378 g/mol. The summed E-state index contributed by atoms with van der Waals surface area (Å²) in [6.07, 6.45) is 8.21. The lowest BCUT2D eigenvalue weighted by atomic mass is 9.94. The van der Waals surface area contributed by atoms with E-state index in [1.807, 2.05) is 13.0 Å². The van der Waals surface area contributed by atoms with Crippen molar-refractivity contribution >= 4 is 17.4 Å². The van der Waals surface area contributed by atoms with E-state index in [1.54, 1.807) is 10.7 Å². The predicted octanol–water partition coefficient (Wildman–Crippen LogP) is 3.13. The lowest BCUT2D eigenvalue weighted by Crippen LogP contribution is -2.33. The van der Waals surface area contributed by atoms with E-state index < -0.39 is 0 Å². The van der Waals surface area contributed by atoms with Crippen molar-refractivity contribution in [2.24, 2.45) is 0 Å². The number of carbonyl (C=O) groups is 1. The first-order chi connectivity index (χ1) is 13.6. The molecule has 0 bridgehead atoms. The number of aromatic nitrogens is 4. The van der Waals surface area contributed by atoms with Crippen molar-refractivity contribution in [3.05, 3.63) is 53.6 Å². The molecule has 4 rings (SSSR count). The summed E-state index contributed by atoms with van der Waals surface area (Å²) in [7, 11) is 2.18. The quantitative estimate of drug-likeness (QED) is 0.738. The standard InChI is InChI=1S/C21H26N6O/c1-15-12-13-22-21-24-19(25-27(15)21)20(28)23-14-16-8-10-18(11-9-16)26(2)17-6-4-3-5-7-17/h8-13,17H,3-7,14H2,1-2H3,(H,23,28). The lowest BCUT2D eigenvalue weighted by Gasteiger charge is -2.33. The van der Waals surface area contributed by atoms with E-state index in [9.17, 15) is 4.79 Å². The van der Waals surface area contributed by atoms with Crippen LogP contribution in [0.15, 0.2) is 36.5 Å². The molecular formula is C21H26N6O. The van der Waals surface area contributed by atoms with Gasteiger partial charge in [0.05, 0.1) is 0 Å². The predicted molar refractivity (Wildman–Crippen MR) is 108 cm³/mol. The van der Waals surface area contributed by atoms with Gasteiger partial charge in [-0.15, -0.1) is 5.10 Å². The Morgan fingerprint density at radius 1 is 1.18 bits per heavy atom. The SMILES string of the molecule is Cc1ccnc2nc(C(=O)NCc3ccc(N(C)C4CCCCC4)cc3)nn12. The molecule has 2 aromatic heterocycles. The number of fused-ring (bicyclic) bond motifs is 1. The number of anilines is 1.